The molecule has 1 heterocycles. The molecule has 0 amide bonds. The Balaban J connectivity index is 2.95. The van der Waals surface area contributed by atoms with Gasteiger partial charge in [0.05, 0.1) is 12.7 Å². The molecule has 0 saturated carbocycles. The normalized spacial score (nSPS) is 10.6. The van der Waals surface area contributed by atoms with Gasteiger partial charge >= 0.3 is 5.97 Å². The molecule has 0 unspecified atom stereocenters. The second-order valence-corrected chi connectivity index (χ2v) is 4.78. The summed E-state index contributed by atoms with van der Waals surface area (Å²) in [6.45, 7) is 8.13. The van der Waals surface area contributed by atoms with Crippen molar-refractivity contribution in [1.29, 1.82) is 0 Å². The van der Waals surface area contributed by atoms with E-state index in [2.05, 4.69) is 6.92 Å². The largest absolute Gasteiger partial charge is 0.489 e. The highest BCUT2D eigenvalue weighted by Gasteiger charge is 2.18. The summed E-state index contributed by atoms with van der Waals surface area (Å²) < 4.78 is 10.6. The van der Waals surface area contributed by atoms with Crippen LogP contribution in [0.5, 0.6) is 5.75 Å². The van der Waals surface area contributed by atoms with Crippen LogP contribution in [0, 0.1) is 0 Å². The molecule has 0 radical (unpaired) electrons. The van der Waals surface area contributed by atoms with Gasteiger partial charge in [-0.05, 0) is 33.3 Å². The third kappa shape index (κ3) is 3.23. The van der Waals surface area contributed by atoms with Gasteiger partial charge in [-0.15, -0.1) is 11.3 Å². The SMILES string of the molecule is CCOC(=O)c1sc(CC)cc1OC(C)C. The maximum atomic E-state index is 11.7. The van der Waals surface area contributed by atoms with Gasteiger partial charge in [-0.2, -0.15) is 0 Å². The van der Waals surface area contributed by atoms with Crippen LogP contribution in [-0.4, -0.2) is 18.7 Å². The minimum atomic E-state index is -0.289. The van der Waals surface area contributed by atoms with Gasteiger partial charge in [0, 0.05) is 4.88 Å². The average Bonchev–Trinajstić information content (AvgIpc) is 2.60. The molecular formula is C12H18O3S. The molecule has 90 valence electrons. The van der Waals surface area contributed by atoms with Crippen molar-refractivity contribution in [2.45, 2.75) is 40.2 Å². The molecule has 0 atom stereocenters. The topological polar surface area (TPSA) is 35.5 Å². The van der Waals surface area contributed by atoms with E-state index in [4.69, 9.17) is 9.47 Å². The number of thiophene rings is 1. The van der Waals surface area contributed by atoms with E-state index < -0.39 is 0 Å². The molecule has 0 aromatic carbocycles. The zero-order chi connectivity index (χ0) is 12.1. The maximum absolute atomic E-state index is 11.7. The minimum absolute atomic E-state index is 0.0625. The zero-order valence-corrected chi connectivity index (χ0v) is 11.0. The summed E-state index contributed by atoms with van der Waals surface area (Å²) in [5.74, 6) is 0.359. The van der Waals surface area contributed by atoms with Gasteiger partial charge in [0.15, 0.2) is 4.88 Å². The molecule has 16 heavy (non-hydrogen) atoms. The molecule has 0 spiro atoms. The Kier molecular flexibility index (Phi) is 4.80. The second kappa shape index (κ2) is 5.89. The number of carbonyl (C=O) groups excluding carboxylic acids is 1. The van der Waals surface area contributed by atoms with E-state index in [0.717, 1.165) is 11.3 Å². The van der Waals surface area contributed by atoms with E-state index in [0.29, 0.717) is 17.2 Å². The molecule has 0 bridgehead atoms. The summed E-state index contributed by atoms with van der Waals surface area (Å²) in [6.07, 6.45) is 0.964. The molecule has 0 aliphatic rings. The average molecular weight is 242 g/mol. The van der Waals surface area contributed by atoms with Crippen molar-refractivity contribution in [3.05, 3.63) is 15.8 Å². The van der Waals surface area contributed by atoms with Crippen molar-refractivity contribution in [3.8, 4) is 5.75 Å². The second-order valence-electron chi connectivity index (χ2n) is 3.65. The molecule has 1 aromatic rings. The lowest BCUT2D eigenvalue weighted by atomic mass is 10.3. The number of aryl methyl sites for hydroxylation is 1. The van der Waals surface area contributed by atoms with Crippen LogP contribution in [0.4, 0.5) is 0 Å². The highest BCUT2D eigenvalue weighted by Crippen LogP contribution is 2.31. The Hall–Kier alpha value is -1.03. The molecule has 1 aromatic heterocycles. The molecule has 0 saturated heterocycles. The number of ether oxygens (including phenoxy) is 2. The van der Waals surface area contributed by atoms with E-state index in [1.54, 1.807) is 6.92 Å². The molecule has 0 aliphatic carbocycles. The summed E-state index contributed by atoms with van der Waals surface area (Å²) in [5, 5.41) is 0. The van der Waals surface area contributed by atoms with Crippen molar-refractivity contribution in [3.63, 3.8) is 0 Å². The monoisotopic (exact) mass is 242 g/mol. The zero-order valence-electron chi connectivity index (χ0n) is 10.2. The fraction of sp³-hybridized carbons (Fsp3) is 0.583. The van der Waals surface area contributed by atoms with Crippen LogP contribution in [0.15, 0.2) is 6.07 Å². The fourth-order valence-corrected chi connectivity index (χ4v) is 2.20. The first-order valence-electron chi connectivity index (χ1n) is 5.54. The molecule has 0 aliphatic heterocycles. The van der Waals surface area contributed by atoms with E-state index in [1.165, 1.54) is 11.3 Å². The first kappa shape index (κ1) is 13.0. The van der Waals surface area contributed by atoms with E-state index in [9.17, 15) is 4.79 Å². The predicted octanol–water partition coefficient (Wildman–Crippen LogP) is 3.27. The van der Waals surface area contributed by atoms with Crippen LogP contribution in [0.3, 0.4) is 0 Å². The fourth-order valence-electron chi connectivity index (χ4n) is 1.28. The van der Waals surface area contributed by atoms with Crippen molar-refractivity contribution >= 4 is 17.3 Å². The van der Waals surface area contributed by atoms with Gasteiger partial charge in [0.2, 0.25) is 0 Å². The lowest BCUT2D eigenvalue weighted by Crippen LogP contribution is -2.09. The lowest BCUT2D eigenvalue weighted by Gasteiger charge is -2.09. The third-order valence-electron chi connectivity index (χ3n) is 1.92. The summed E-state index contributed by atoms with van der Waals surface area (Å²) in [6, 6.07) is 1.93. The van der Waals surface area contributed by atoms with Crippen molar-refractivity contribution in [1.82, 2.24) is 0 Å². The molecule has 0 fully saturated rings. The predicted molar refractivity (Wildman–Crippen MR) is 65.4 cm³/mol. The van der Waals surface area contributed by atoms with Crippen LogP contribution >= 0.6 is 11.3 Å². The first-order chi connectivity index (χ1) is 7.58. The summed E-state index contributed by atoms with van der Waals surface area (Å²) in [5.41, 5.74) is 0. The first-order valence-corrected chi connectivity index (χ1v) is 6.36. The molecule has 3 nitrogen and oxygen atoms in total. The van der Waals surface area contributed by atoms with Crippen LogP contribution in [0.2, 0.25) is 0 Å². The Bertz CT molecular complexity index is 355. The van der Waals surface area contributed by atoms with Gasteiger partial charge < -0.3 is 9.47 Å². The van der Waals surface area contributed by atoms with E-state index >= 15 is 0 Å². The summed E-state index contributed by atoms with van der Waals surface area (Å²) >= 11 is 1.45. The number of hydrogen-bond acceptors (Lipinski definition) is 4. The van der Waals surface area contributed by atoms with Crippen molar-refractivity contribution < 1.29 is 14.3 Å². The molecule has 0 N–H and O–H groups in total. The van der Waals surface area contributed by atoms with Crippen molar-refractivity contribution in [2.24, 2.45) is 0 Å². The standard InChI is InChI=1S/C12H18O3S/c1-5-9-7-10(15-8(3)4)11(16-9)12(13)14-6-2/h7-8H,5-6H2,1-4H3. The van der Waals surface area contributed by atoms with Crippen LogP contribution in [-0.2, 0) is 11.2 Å². The van der Waals surface area contributed by atoms with Crippen LogP contribution in [0.25, 0.3) is 0 Å². The highest BCUT2D eigenvalue weighted by molar-refractivity contribution is 7.14. The Morgan fingerprint density at radius 3 is 2.62 bits per heavy atom. The van der Waals surface area contributed by atoms with Crippen LogP contribution in [0.1, 0.15) is 42.2 Å². The Labute approximate surface area is 100 Å². The Morgan fingerprint density at radius 2 is 2.12 bits per heavy atom. The smallest absolute Gasteiger partial charge is 0.352 e. The quantitative estimate of drug-likeness (QED) is 0.743. The third-order valence-corrected chi connectivity index (χ3v) is 3.16. The molecule has 4 heteroatoms. The van der Waals surface area contributed by atoms with E-state index in [-0.39, 0.29) is 12.1 Å². The Morgan fingerprint density at radius 1 is 1.44 bits per heavy atom. The summed E-state index contributed by atoms with van der Waals surface area (Å²) in [4.78, 5) is 13.4. The van der Waals surface area contributed by atoms with Gasteiger partial charge in [-0.3, -0.25) is 0 Å². The van der Waals surface area contributed by atoms with Gasteiger partial charge in [0.25, 0.3) is 0 Å². The van der Waals surface area contributed by atoms with Crippen molar-refractivity contribution in [2.75, 3.05) is 6.61 Å². The number of rotatable bonds is 5. The summed E-state index contributed by atoms with van der Waals surface area (Å²) in [7, 11) is 0. The van der Waals surface area contributed by atoms with E-state index in [1.807, 2.05) is 19.9 Å². The van der Waals surface area contributed by atoms with Gasteiger partial charge in [-0.25, -0.2) is 4.79 Å². The number of esters is 1. The van der Waals surface area contributed by atoms with Crippen LogP contribution < -0.4 is 4.74 Å². The maximum Gasteiger partial charge on any atom is 0.352 e. The lowest BCUT2D eigenvalue weighted by molar-refractivity contribution is 0.0526. The highest BCUT2D eigenvalue weighted by atomic mass is 32.1. The molecule has 1 rings (SSSR count). The minimum Gasteiger partial charge on any atom is -0.489 e. The van der Waals surface area contributed by atoms with Gasteiger partial charge in [0.1, 0.15) is 5.75 Å². The number of hydrogen-bond donors (Lipinski definition) is 0. The van der Waals surface area contributed by atoms with Gasteiger partial charge in [-0.1, -0.05) is 6.92 Å². The molecular weight excluding hydrogens is 224 g/mol. The number of carbonyl (C=O) groups is 1.